The molecule has 3 heteroatoms. The summed E-state index contributed by atoms with van der Waals surface area (Å²) in [6, 6.07) is 9.72. The van der Waals surface area contributed by atoms with E-state index in [1.807, 2.05) is 37.3 Å². The number of alkyl carbamates (subject to hydrolysis) is 1. The third kappa shape index (κ3) is 6.03. The number of ether oxygens (including phenoxy) is 1. The lowest BCUT2D eigenvalue weighted by molar-refractivity contribution is 0.138. The van der Waals surface area contributed by atoms with Gasteiger partial charge < -0.3 is 10.1 Å². The van der Waals surface area contributed by atoms with Crippen LogP contribution in [0.25, 0.3) is 0 Å². The summed E-state index contributed by atoms with van der Waals surface area (Å²) < 4.78 is 5.21. The van der Waals surface area contributed by atoms with Crippen LogP contribution in [-0.4, -0.2) is 12.1 Å². The second-order valence-corrected chi connectivity index (χ2v) is 5.78. The van der Waals surface area contributed by atoms with Crippen LogP contribution in [0, 0.1) is 5.92 Å². The summed E-state index contributed by atoms with van der Waals surface area (Å²) in [6.45, 7) is 2.29. The lowest BCUT2D eigenvalue weighted by Gasteiger charge is -2.18. The normalized spacial score (nSPS) is 17.6. The first-order chi connectivity index (χ1) is 10.2. The first-order valence-corrected chi connectivity index (χ1v) is 7.89. The van der Waals surface area contributed by atoms with Gasteiger partial charge >= 0.3 is 6.09 Å². The van der Waals surface area contributed by atoms with Gasteiger partial charge in [0.05, 0.1) is 0 Å². The molecule has 1 saturated carbocycles. The molecule has 1 aromatic rings. The molecule has 0 unspecified atom stereocenters. The Morgan fingerprint density at radius 3 is 2.71 bits per heavy atom. The van der Waals surface area contributed by atoms with Crippen molar-refractivity contribution in [3.05, 3.63) is 48.0 Å². The molecule has 0 bridgehead atoms. The lowest BCUT2D eigenvalue weighted by Crippen LogP contribution is -2.31. The zero-order valence-corrected chi connectivity index (χ0v) is 12.8. The van der Waals surface area contributed by atoms with Crippen LogP contribution in [0.4, 0.5) is 4.79 Å². The summed E-state index contributed by atoms with van der Waals surface area (Å²) in [6.07, 6.45) is 10.6. The van der Waals surface area contributed by atoms with Crippen molar-refractivity contribution >= 4 is 6.09 Å². The monoisotopic (exact) mass is 287 g/mol. The number of hydrogen-bond donors (Lipinski definition) is 1. The van der Waals surface area contributed by atoms with Crippen LogP contribution >= 0.6 is 0 Å². The third-order valence-electron chi connectivity index (χ3n) is 3.88. The highest BCUT2D eigenvalue weighted by Crippen LogP contribution is 2.24. The smallest absolute Gasteiger partial charge is 0.407 e. The molecule has 1 N–H and O–H groups in total. The number of benzene rings is 1. The van der Waals surface area contributed by atoms with Gasteiger partial charge in [-0.15, -0.1) is 0 Å². The summed E-state index contributed by atoms with van der Waals surface area (Å²) in [7, 11) is 0. The van der Waals surface area contributed by atoms with Gasteiger partial charge in [-0.2, -0.15) is 0 Å². The van der Waals surface area contributed by atoms with E-state index in [2.05, 4.69) is 17.5 Å². The van der Waals surface area contributed by atoms with Crippen LogP contribution in [0.2, 0.25) is 0 Å². The van der Waals surface area contributed by atoms with Gasteiger partial charge in [0.25, 0.3) is 0 Å². The maximum absolute atomic E-state index is 11.7. The average molecular weight is 287 g/mol. The molecule has 0 aromatic heterocycles. The SMILES string of the molecule is C[C@@H](/C=C/C1CCCCC1)NC(=O)OCc1ccccc1. The fraction of sp³-hybridized carbons (Fsp3) is 0.500. The molecule has 0 heterocycles. The van der Waals surface area contributed by atoms with Crippen LogP contribution in [0.5, 0.6) is 0 Å². The fourth-order valence-corrected chi connectivity index (χ4v) is 2.65. The highest BCUT2D eigenvalue weighted by Gasteiger charge is 2.11. The van der Waals surface area contributed by atoms with Crippen molar-refractivity contribution in [3.63, 3.8) is 0 Å². The number of carbonyl (C=O) groups excluding carboxylic acids is 1. The second kappa shape index (κ2) is 8.50. The Morgan fingerprint density at radius 2 is 2.00 bits per heavy atom. The molecule has 1 aliphatic rings. The van der Waals surface area contributed by atoms with E-state index in [0.29, 0.717) is 12.5 Å². The first kappa shape index (κ1) is 15.6. The minimum absolute atomic E-state index is 0.00944. The maximum atomic E-state index is 11.7. The number of allylic oxidation sites excluding steroid dienone is 1. The summed E-state index contributed by atoms with van der Waals surface area (Å²) in [4.78, 5) is 11.7. The van der Waals surface area contributed by atoms with E-state index in [1.165, 1.54) is 32.1 Å². The molecule has 21 heavy (non-hydrogen) atoms. The summed E-state index contributed by atoms with van der Waals surface area (Å²) in [5.74, 6) is 0.684. The highest BCUT2D eigenvalue weighted by molar-refractivity contribution is 5.67. The highest BCUT2D eigenvalue weighted by atomic mass is 16.5. The van der Waals surface area contributed by atoms with Gasteiger partial charge in [0.2, 0.25) is 0 Å². The average Bonchev–Trinajstić information content (AvgIpc) is 2.53. The lowest BCUT2D eigenvalue weighted by atomic mass is 9.89. The van der Waals surface area contributed by atoms with Gasteiger partial charge in [-0.25, -0.2) is 4.79 Å². The van der Waals surface area contributed by atoms with Gasteiger partial charge in [0.15, 0.2) is 0 Å². The van der Waals surface area contributed by atoms with Crippen molar-refractivity contribution in [3.8, 4) is 0 Å². The third-order valence-corrected chi connectivity index (χ3v) is 3.88. The predicted octanol–water partition coefficient (Wildman–Crippen LogP) is 4.44. The quantitative estimate of drug-likeness (QED) is 0.813. The summed E-state index contributed by atoms with van der Waals surface area (Å²) in [5.41, 5.74) is 0.998. The maximum Gasteiger partial charge on any atom is 0.407 e. The van der Waals surface area contributed by atoms with E-state index >= 15 is 0 Å². The first-order valence-electron chi connectivity index (χ1n) is 7.89. The number of rotatable bonds is 5. The Kier molecular flexibility index (Phi) is 6.32. The van der Waals surface area contributed by atoms with Crippen LogP contribution in [-0.2, 0) is 11.3 Å². The van der Waals surface area contributed by atoms with Crippen molar-refractivity contribution in [2.75, 3.05) is 0 Å². The minimum atomic E-state index is -0.361. The van der Waals surface area contributed by atoms with Gasteiger partial charge in [0, 0.05) is 6.04 Å². The molecule has 1 aliphatic carbocycles. The summed E-state index contributed by atoms with van der Waals surface area (Å²) >= 11 is 0. The second-order valence-electron chi connectivity index (χ2n) is 5.78. The topological polar surface area (TPSA) is 38.3 Å². The molecule has 0 saturated heterocycles. The molecule has 1 atom stereocenters. The van der Waals surface area contributed by atoms with E-state index in [4.69, 9.17) is 4.74 Å². The van der Waals surface area contributed by atoms with Crippen LogP contribution < -0.4 is 5.32 Å². The van der Waals surface area contributed by atoms with Gasteiger partial charge in [-0.3, -0.25) is 0 Å². The number of nitrogens with one attached hydrogen (secondary N) is 1. The molecular formula is C18H25NO2. The van der Waals surface area contributed by atoms with Crippen LogP contribution in [0.3, 0.4) is 0 Å². The van der Waals surface area contributed by atoms with Crippen molar-refractivity contribution in [1.29, 1.82) is 0 Å². The van der Waals surface area contributed by atoms with E-state index < -0.39 is 0 Å². The molecule has 0 spiro atoms. The fourth-order valence-electron chi connectivity index (χ4n) is 2.65. The zero-order chi connectivity index (χ0) is 14.9. The Balaban J connectivity index is 1.68. The predicted molar refractivity (Wildman–Crippen MR) is 84.9 cm³/mol. The van der Waals surface area contributed by atoms with E-state index in [9.17, 15) is 4.79 Å². The van der Waals surface area contributed by atoms with Gasteiger partial charge in [-0.1, -0.05) is 61.7 Å². The largest absolute Gasteiger partial charge is 0.445 e. The molecule has 0 radical (unpaired) electrons. The van der Waals surface area contributed by atoms with E-state index in [1.54, 1.807) is 0 Å². The van der Waals surface area contributed by atoms with Gasteiger partial charge in [0.1, 0.15) is 6.61 Å². The van der Waals surface area contributed by atoms with Crippen molar-refractivity contribution < 1.29 is 9.53 Å². The number of hydrogen-bond acceptors (Lipinski definition) is 2. The standard InChI is InChI=1S/C18H25NO2/c1-15(12-13-16-8-4-2-5-9-16)19-18(20)21-14-17-10-6-3-7-11-17/h3,6-7,10-13,15-16H,2,4-5,8-9,14H2,1H3,(H,19,20)/b13-12+/t15-/m0/s1. The van der Waals surface area contributed by atoms with E-state index in [-0.39, 0.29) is 12.1 Å². The number of amides is 1. The van der Waals surface area contributed by atoms with Crippen molar-refractivity contribution in [1.82, 2.24) is 5.32 Å². The Labute approximate surface area is 127 Å². The Bertz CT molecular complexity index is 450. The Morgan fingerprint density at radius 1 is 1.29 bits per heavy atom. The van der Waals surface area contributed by atoms with Crippen molar-refractivity contribution in [2.24, 2.45) is 5.92 Å². The van der Waals surface area contributed by atoms with Crippen LogP contribution in [0.1, 0.15) is 44.6 Å². The van der Waals surface area contributed by atoms with Crippen LogP contribution in [0.15, 0.2) is 42.5 Å². The summed E-state index contributed by atoms with van der Waals surface area (Å²) in [5, 5.41) is 2.84. The minimum Gasteiger partial charge on any atom is -0.445 e. The van der Waals surface area contributed by atoms with Crippen molar-refractivity contribution in [2.45, 2.75) is 51.7 Å². The molecule has 1 fully saturated rings. The Hall–Kier alpha value is -1.77. The van der Waals surface area contributed by atoms with Gasteiger partial charge in [-0.05, 0) is 31.2 Å². The number of carbonyl (C=O) groups is 1. The molecular weight excluding hydrogens is 262 g/mol. The molecule has 114 valence electrons. The molecule has 3 nitrogen and oxygen atoms in total. The zero-order valence-electron chi connectivity index (χ0n) is 12.8. The molecule has 0 aliphatic heterocycles. The molecule has 2 rings (SSSR count). The molecule has 1 amide bonds. The molecule has 1 aromatic carbocycles. The van der Waals surface area contributed by atoms with E-state index in [0.717, 1.165) is 5.56 Å².